The van der Waals surface area contributed by atoms with Crippen LogP contribution in [0.25, 0.3) is 0 Å². The van der Waals surface area contributed by atoms with Gasteiger partial charge >= 0.3 is 0 Å². The molecule has 0 saturated heterocycles. The number of hydrogen-bond acceptors (Lipinski definition) is 4. The normalized spacial score (nSPS) is 48.5. The Morgan fingerprint density at radius 2 is 1.84 bits per heavy atom. The first-order chi connectivity index (χ1) is 11.9. The minimum atomic E-state index is 0.369. The fourth-order valence-electron chi connectivity index (χ4n) is 7.45. The quantitative estimate of drug-likeness (QED) is 0.425. The predicted octanol–water partition coefficient (Wildman–Crippen LogP) is 4.21. The Hall–Kier alpha value is -1.32. The number of hydrazone groups is 2. The molecule has 0 bridgehead atoms. The average Bonchev–Trinajstić information content (AvgIpc) is 2.97. The van der Waals surface area contributed by atoms with Crippen molar-refractivity contribution in [2.45, 2.75) is 72.1 Å². The third kappa shape index (κ3) is 2.32. The molecule has 4 heteroatoms. The molecule has 4 rings (SSSR count). The van der Waals surface area contributed by atoms with Crippen molar-refractivity contribution in [3.05, 3.63) is 11.6 Å². The topological polar surface area (TPSA) is 76.8 Å². The van der Waals surface area contributed by atoms with Gasteiger partial charge in [0.15, 0.2) is 0 Å². The standard InChI is InChI=1S/C21H34N4/c1-13(24-22)17-6-7-18-16-5-4-14-12-15(25-23)8-10-20(14,2)19(16)9-11-21(17,18)3/h12,16-19H,4-11,22-23H2,1-3H3/b24-13-,25-15+/t16-,17+,18+,19-,20-,21-/m1/s1. The highest BCUT2D eigenvalue weighted by Gasteiger charge is 2.59. The molecular weight excluding hydrogens is 308 g/mol. The van der Waals surface area contributed by atoms with Crippen LogP contribution in [0.1, 0.15) is 72.1 Å². The van der Waals surface area contributed by atoms with Crippen molar-refractivity contribution < 1.29 is 0 Å². The van der Waals surface area contributed by atoms with E-state index in [0.29, 0.717) is 16.7 Å². The SMILES string of the molecule is C/C(=N/N)[C@@H]1CC[C@H]2[C@H]3CCC4=C/C(=N/N)CC[C@@]4(C)[C@@H]3CC[C@]12C. The Morgan fingerprint density at radius 3 is 2.56 bits per heavy atom. The number of hydrogen-bond donors (Lipinski definition) is 2. The summed E-state index contributed by atoms with van der Waals surface area (Å²) in [5.41, 5.74) is 4.68. The monoisotopic (exact) mass is 342 g/mol. The van der Waals surface area contributed by atoms with Gasteiger partial charge in [0.1, 0.15) is 0 Å². The number of rotatable bonds is 1. The highest BCUT2D eigenvalue weighted by Crippen LogP contribution is 2.66. The van der Waals surface area contributed by atoms with Gasteiger partial charge in [0.05, 0.1) is 5.71 Å². The maximum atomic E-state index is 5.66. The Balaban J connectivity index is 1.65. The first kappa shape index (κ1) is 17.1. The fourth-order valence-corrected chi connectivity index (χ4v) is 7.45. The van der Waals surface area contributed by atoms with Gasteiger partial charge in [-0.15, -0.1) is 0 Å². The third-order valence-corrected chi connectivity index (χ3v) is 8.85. The summed E-state index contributed by atoms with van der Waals surface area (Å²) in [6.07, 6.45) is 12.5. The summed E-state index contributed by atoms with van der Waals surface area (Å²) in [5, 5.41) is 8.08. The van der Waals surface area contributed by atoms with E-state index in [1.165, 1.54) is 50.7 Å². The number of nitrogens with zero attached hydrogens (tertiary/aromatic N) is 2. The van der Waals surface area contributed by atoms with Crippen molar-refractivity contribution in [2.75, 3.05) is 0 Å². The van der Waals surface area contributed by atoms with Crippen LogP contribution in [0, 0.1) is 34.5 Å². The highest BCUT2D eigenvalue weighted by atomic mass is 15.1. The van der Waals surface area contributed by atoms with Crippen molar-refractivity contribution >= 4 is 11.4 Å². The smallest absolute Gasteiger partial charge is 0.0600 e. The van der Waals surface area contributed by atoms with Gasteiger partial charge in [0, 0.05) is 11.6 Å². The van der Waals surface area contributed by atoms with Crippen molar-refractivity contribution in [1.82, 2.24) is 0 Å². The Bertz CT molecular complexity index is 648. The molecule has 4 aliphatic carbocycles. The first-order valence-corrected chi connectivity index (χ1v) is 10.2. The van der Waals surface area contributed by atoms with E-state index in [0.717, 1.165) is 29.9 Å². The van der Waals surface area contributed by atoms with Crippen LogP contribution < -0.4 is 11.7 Å². The van der Waals surface area contributed by atoms with Crippen molar-refractivity contribution in [1.29, 1.82) is 0 Å². The van der Waals surface area contributed by atoms with Gasteiger partial charge in [-0.3, -0.25) is 0 Å². The van der Waals surface area contributed by atoms with Gasteiger partial charge in [0.2, 0.25) is 0 Å². The van der Waals surface area contributed by atoms with Crippen LogP contribution >= 0.6 is 0 Å². The Labute approximate surface area is 152 Å². The van der Waals surface area contributed by atoms with Gasteiger partial charge in [-0.2, -0.15) is 10.2 Å². The molecule has 25 heavy (non-hydrogen) atoms. The third-order valence-electron chi connectivity index (χ3n) is 8.85. The van der Waals surface area contributed by atoms with Crippen molar-refractivity contribution in [2.24, 2.45) is 56.4 Å². The zero-order valence-corrected chi connectivity index (χ0v) is 16.1. The van der Waals surface area contributed by atoms with Crippen LogP contribution in [-0.2, 0) is 0 Å². The molecule has 0 amide bonds. The van der Waals surface area contributed by atoms with Crippen LogP contribution in [0.15, 0.2) is 21.9 Å². The van der Waals surface area contributed by atoms with Crippen LogP contribution in [0.4, 0.5) is 0 Å². The molecule has 0 aliphatic heterocycles. The second kappa shape index (κ2) is 5.85. The summed E-state index contributed by atoms with van der Waals surface area (Å²) in [6, 6.07) is 0. The Kier molecular flexibility index (Phi) is 4.01. The maximum Gasteiger partial charge on any atom is 0.0600 e. The Morgan fingerprint density at radius 1 is 1.04 bits per heavy atom. The largest absolute Gasteiger partial charge is 0.323 e. The molecule has 0 spiro atoms. The minimum Gasteiger partial charge on any atom is -0.323 e. The second-order valence-electron chi connectivity index (χ2n) is 9.57. The summed E-state index contributed by atoms with van der Waals surface area (Å²) in [4.78, 5) is 0. The molecule has 4 nitrogen and oxygen atoms in total. The highest BCUT2D eigenvalue weighted by molar-refractivity contribution is 5.96. The molecule has 138 valence electrons. The molecule has 3 fully saturated rings. The van der Waals surface area contributed by atoms with E-state index >= 15 is 0 Å². The minimum absolute atomic E-state index is 0.369. The molecule has 0 heterocycles. The lowest BCUT2D eigenvalue weighted by atomic mass is 9.46. The maximum absolute atomic E-state index is 5.66. The van der Waals surface area contributed by atoms with Crippen molar-refractivity contribution in [3.8, 4) is 0 Å². The summed E-state index contributed by atoms with van der Waals surface area (Å²) in [7, 11) is 0. The van der Waals surface area contributed by atoms with E-state index in [1.807, 2.05) is 0 Å². The molecule has 0 unspecified atom stereocenters. The molecule has 0 radical (unpaired) electrons. The van der Waals surface area contributed by atoms with Gasteiger partial charge in [-0.05, 0) is 93.0 Å². The lowest BCUT2D eigenvalue weighted by Crippen LogP contribution is -2.51. The van der Waals surface area contributed by atoms with E-state index in [4.69, 9.17) is 11.7 Å². The van der Waals surface area contributed by atoms with Gasteiger partial charge in [0.25, 0.3) is 0 Å². The van der Waals surface area contributed by atoms with E-state index in [2.05, 4.69) is 37.1 Å². The van der Waals surface area contributed by atoms with Gasteiger partial charge in [-0.1, -0.05) is 19.4 Å². The second-order valence-corrected chi connectivity index (χ2v) is 9.57. The summed E-state index contributed by atoms with van der Waals surface area (Å²) >= 11 is 0. The van der Waals surface area contributed by atoms with Crippen LogP contribution in [0.2, 0.25) is 0 Å². The molecule has 0 aromatic carbocycles. The predicted molar refractivity (Wildman–Crippen MR) is 104 cm³/mol. The zero-order chi connectivity index (χ0) is 17.8. The zero-order valence-electron chi connectivity index (χ0n) is 16.1. The molecule has 4 aliphatic rings. The summed E-state index contributed by atoms with van der Waals surface area (Å²) in [6.45, 7) is 7.21. The molecule has 3 saturated carbocycles. The molecule has 0 aromatic heterocycles. The lowest BCUT2D eigenvalue weighted by molar-refractivity contribution is -0.0407. The van der Waals surface area contributed by atoms with E-state index < -0.39 is 0 Å². The van der Waals surface area contributed by atoms with Gasteiger partial charge < -0.3 is 11.7 Å². The molecule has 4 N–H and O–H groups in total. The van der Waals surface area contributed by atoms with Crippen LogP contribution in [0.5, 0.6) is 0 Å². The first-order valence-electron chi connectivity index (χ1n) is 10.2. The molecule has 0 aromatic rings. The fraction of sp³-hybridized carbons (Fsp3) is 0.810. The molecule has 6 atom stereocenters. The average molecular weight is 343 g/mol. The van der Waals surface area contributed by atoms with E-state index in [1.54, 1.807) is 5.57 Å². The number of allylic oxidation sites excluding steroid dienone is 2. The lowest BCUT2D eigenvalue weighted by Gasteiger charge is -2.58. The van der Waals surface area contributed by atoms with Crippen molar-refractivity contribution in [3.63, 3.8) is 0 Å². The van der Waals surface area contributed by atoms with Gasteiger partial charge in [-0.25, -0.2) is 0 Å². The van der Waals surface area contributed by atoms with Crippen LogP contribution in [-0.4, -0.2) is 11.4 Å². The van der Waals surface area contributed by atoms with Crippen LogP contribution in [0.3, 0.4) is 0 Å². The van der Waals surface area contributed by atoms with E-state index in [-0.39, 0.29) is 0 Å². The van der Waals surface area contributed by atoms with E-state index in [9.17, 15) is 0 Å². The molecular formula is C21H34N4. The summed E-state index contributed by atoms with van der Waals surface area (Å²) < 4.78 is 0. The number of fused-ring (bicyclic) bond motifs is 5. The summed E-state index contributed by atoms with van der Waals surface area (Å²) in [5.74, 6) is 14.4. The number of nitrogens with two attached hydrogens (primary N) is 2.